The van der Waals surface area contributed by atoms with E-state index in [1.54, 1.807) is 6.92 Å². The van der Waals surface area contributed by atoms with Gasteiger partial charge in [-0.15, -0.1) is 0 Å². The van der Waals surface area contributed by atoms with Crippen molar-refractivity contribution in [2.75, 3.05) is 19.7 Å². The first-order valence-corrected chi connectivity index (χ1v) is 6.40. The van der Waals surface area contributed by atoms with Gasteiger partial charge in [0.1, 0.15) is 0 Å². The molecule has 1 aliphatic heterocycles. The van der Waals surface area contributed by atoms with E-state index in [0.29, 0.717) is 26.0 Å². The quantitative estimate of drug-likeness (QED) is 0.528. The number of hydrogen-bond acceptors (Lipinski definition) is 4. The van der Waals surface area contributed by atoms with Gasteiger partial charge in [0.15, 0.2) is 0 Å². The fourth-order valence-electron chi connectivity index (χ4n) is 1.88. The Morgan fingerprint density at radius 3 is 2.88 bits per heavy atom. The number of hydrogen-bond donors (Lipinski definition) is 2. The average molecular weight is 242 g/mol. The summed E-state index contributed by atoms with van der Waals surface area (Å²) in [5, 5.41) is 6.03. The van der Waals surface area contributed by atoms with E-state index in [4.69, 9.17) is 4.74 Å². The summed E-state index contributed by atoms with van der Waals surface area (Å²) in [5.74, 6) is -0.147. The standard InChI is InChI=1S/C12H22N2O3/c1-2-17-11(15)7-5-9-14-12(16)10-6-3-4-8-13-10/h10,13H,2-9H2,1H3,(H,14,16). The van der Waals surface area contributed by atoms with E-state index < -0.39 is 0 Å². The number of carbonyl (C=O) groups excluding carboxylic acids is 2. The predicted octanol–water partition coefficient (Wildman–Crippen LogP) is 0.588. The normalized spacial score (nSPS) is 19.7. The van der Waals surface area contributed by atoms with Gasteiger partial charge in [0, 0.05) is 13.0 Å². The van der Waals surface area contributed by atoms with Crippen LogP contribution >= 0.6 is 0 Å². The third kappa shape index (κ3) is 5.68. The van der Waals surface area contributed by atoms with Crippen molar-refractivity contribution in [2.45, 2.75) is 45.1 Å². The first-order valence-electron chi connectivity index (χ1n) is 6.40. The highest BCUT2D eigenvalue weighted by atomic mass is 16.5. The Kier molecular flexibility index (Phi) is 6.62. The average Bonchev–Trinajstić information content (AvgIpc) is 2.36. The molecule has 1 atom stereocenters. The van der Waals surface area contributed by atoms with Gasteiger partial charge >= 0.3 is 5.97 Å². The zero-order chi connectivity index (χ0) is 12.5. The molecule has 17 heavy (non-hydrogen) atoms. The highest BCUT2D eigenvalue weighted by molar-refractivity contribution is 5.81. The van der Waals surface area contributed by atoms with Crippen LogP contribution in [-0.4, -0.2) is 37.6 Å². The Labute approximate surface area is 102 Å². The maximum absolute atomic E-state index is 11.7. The fraction of sp³-hybridized carbons (Fsp3) is 0.833. The van der Waals surface area contributed by atoms with Crippen molar-refractivity contribution in [3.05, 3.63) is 0 Å². The molecule has 1 unspecified atom stereocenters. The Hall–Kier alpha value is -1.10. The number of rotatable bonds is 6. The molecule has 0 aliphatic carbocycles. The van der Waals surface area contributed by atoms with Crippen molar-refractivity contribution in [2.24, 2.45) is 0 Å². The second-order valence-corrected chi connectivity index (χ2v) is 4.20. The molecule has 98 valence electrons. The minimum Gasteiger partial charge on any atom is -0.466 e. The van der Waals surface area contributed by atoms with E-state index in [1.807, 2.05) is 0 Å². The molecule has 1 fully saturated rings. The van der Waals surface area contributed by atoms with E-state index in [2.05, 4.69) is 10.6 Å². The minimum atomic E-state index is -0.197. The number of carbonyl (C=O) groups is 2. The molecule has 1 rings (SSSR count). The molecule has 0 spiro atoms. The maximum Gasteiger partial charge on any atom is 0.305 e. The maximum atomic E-state index is 11.7. The zero-order valence-corrected chi connectivity index (χ0v) is 10.5. The van der Waals surface area contributed by atoms with E-state index in [9.17, 15) is 9.59 Å². The van der Waals surface area contributed by atoms with Crippen LogP contribution in [0.4, 0.5) is 0 Å². The molecule has 2 N–H and O–H groups in total. The third-order valence-electron chi connectivity index (χ3n) is 2.79. The molecule has 1 amide bonds. The Morgan fingerprint density at radius 1 is 1.41 bits per heavy atom. The highest BCUT2D eigenvalue weighted by Crippen LogP contribution is 2.06. The molecular formula is C12H22N2O3. The van der Waals surface area contributed by atoms with Crippen LogP contribution in [-0.2, 0) is 14.3 Å². The molecule has 0 aromatic carbocycles. The molecule has 1 saturated heterocycles. The lowest BCUT2D eigenvalue weighted by atomic mass is 10.0. The van der Waals surface area contributed by atoms with Crippen molar-refractivity contribution in [3.63, 3.8) is 0 Å². The molecule has 5 heteroatoms. The summed E-state index contributed by atoms with van der Waals surface area (Å²) in [5.41, 5.74) is 0. The summed E-state index contributed by atoms with van der Waals surface area (Å²) in [7, 11) is 0. The van der Waals surface area contributed by atoms with Gasteiger partial charge in [0.05, 0.1) is 12.6 Å². The number of amides is 1. The van der Waals surface area contributed by atoms with Crippen molar-refractivity contribution in [1.29, 1.82) is 0 Å². The molecule has 0 aromatic rings. The monoisotopic (exact) mass is 242 g/mol. The van der Waals surface area contributed by atoms with Crippen LogP contribution < -0.4 is 10.6 Å². The van der Waals surface area contributed by atoms with Crippen LogP contribution in [0, 0.1) is 0 Å². The fourth-order valence-corrected chi connectivity index (χ4v) is 1.88. The molecule has 0 bridgehead atoms. The van der Waals surface area contributed by atoms with Gasteiger partial charge in [-0.3, -0.25) is 9.59 Å². The topological polar surface area (TPSA) is 67.4 Å². The van der Waals surface area contributed by atoms with Gasteiger partial charge in [-0.2, -0.15) is 0 Å². The molecule has 1 heterocycles. The van der Waals surface area contributed by atoms with Gasteiger partial charge in [-0.05, 0) is 32.7 Å². The van der Waals surface area contributed by atoms with Crippen LogP contribution in [0.5, 0.6) is 0 Å². The first-order chi connectivity index (χ1) is 8.24. The Morgan fingerprint density at radius 2 is 2.24 bits per heavy atom. The van der Waals surface area contributed by atoms with Gasteiger partial charge in [0.25, 0.3) is 0 Å². The lowest BCUT2D eigenvalue weighted by Gasteiger charge is -2.22. The predicted molar refractivity (Wildman–Crippen MR) is 64.5 cm³/mol. The highest BCUT2D eigenvalue weighted by Gasteiger charge is 2.19. The third-order valence-corrected chi connectivity index (χ3v) is 2.79. The molecule has 0 saturated carbocycles. The van der Waals surface area contributed by atoms with Gasteiger partial charge in [0.2, 0.25) is 5.91 Å². The van der Waals surface area contributed by atoms with Gasteiger partial charge in [-0.1, -0.05) is 6.42 Å². The number of piperidine rings is 1. The molecule has 5 nitrogen and oxygen atoms in total. The summed E-state index contributed by atoms with van der Waals surface area (Å²) < 4.78 is 4.80. The van der Waals surface area contributed by atoms with E-state index in [0.717, 1.165) is 25.8 Å². The lowest BCUT2D eigenvalue weighted by Crippen LogP contribution is -2.46. The van der Waals surface area contributed by atoms with Crippen LogP contribution in [0.1, 0.15) is 39.0 Å². The van der Waals surface area contributed by atoms with Gasteiger partial charge in [-0.25, -0.2) is 0 Å². The lowest BCUT2D eigenvalue weighted by molar-refractivity contribution is -0.143. The van der Waals surface area contributed by atoms with E-state index >= 15 is 0 Å². The summed E-state index contributed by atoms with van der Waals surface area (Å²) >= 11 is 0. The van der Waals surface area contributed by atoms with Crippen molar-refractivity contribution in [1.82, 2.24) is 10.6 Å². The second kappa shape index (κ2) is 8.06. The van der Waals surface area contributed by atoms with Crippen molar-refractivity contribution in [3.8, 4) is 0 Å². The van der Waals surface area contributed by atoms with Crippen LogP contribution in [0.25, 0.3) is 0 Å². The zero-order valence-electron chi connectivity index (χ0n) is 10.5. The first kappa shape index (κ1) is 14.0. The number of esters is 1. The van der Waals surface area contributed by atoms with Crippen LogP contribution in [0.2, 0.25) is 0 Å². The smallest absolute Gasteiger partial charge is 0.305 e. The minimum absolute atomic E-state index is 0.0496. The van der Waals surface area contributed by atoms with Crippen LogP contribution in [0.15, 0.2) is 0 Å². The molecule has 1 aliphatic rings. The second-order valence-electron chi connectivity index (χ2n) is 4.20. The Balaban J connectivity index is 2.05. The number of nitrogens with one attached hydrogen (secondary N) is 2. The summed E-state index contributed by atoms with van der Waals surface area (Å²) in [4.78, 5) is 22.7. The largest absolute Gasteiger partial charge is 0.466 e. The molecule has 0 radical (unpaired) electrons. The van der Waals surface area contributed by atoms with Crippen molar-refractivity contribution < 1.29 is 14.3 Å². The molecule has 0 aromatic heterocycles. The Bertz CT molecular complexity index is 250. The summed E-state index contributed by atoms with van der Waals surface area (Å²) in [6.07, 6.45) is 4.16. The van der Waals surface area contributed by atoms with Crippen LogP contribution in [0.3, 0.4) is 0 Å². The van der Waals surface area contributed by atoms with Gasteiger partial charge < -0.3 is 15.4 Å². The number of ether oxygens (including phenoxy) is 1. The van der Waals surface area contributed by atoms with Crippen molar-refractivity contribution >= 4 is 11.9 Å². The van der Waals surface area contributed by atoms with E-state index in [-0.39, 0.29) is 17.9 Å². The van der Waals surface area contributed by atoms with E-state index in [1.165, 1.54) is 0 Å². The summed E-state index contributed by atoms with van der Waals surface area (Å²) in [6, 6.07) is -0.0497. The SMILES string of the molecule is CCOC(=O)CCCNC(=O)C1CCCCN1. The molecular weight excluding hydrogens is 220 g/mol. The summed E-state index contributed by atoms with van der Waals surface area (Å²) in [6.45, 7) is 3.66.